The normalized spacial score (nSPS) is 17.2. The second kappa shape index (κ2) is 10.6. The van der Waals surface area contributed by atoms with E-state index < -0.39 is 10.0 Å². The van der Waals surface area contributed by atoms with Gasteiger partial charge in [0.1, 0.15) is 5.75 Å². The van der Waals surface area contributed by atoms with Gasteiger partial charge >= 0.3 is 0 Å². The molecule has 7 nitrogen and oxygen atoms in total. The van der Waals surface area contributed by atoms with Crippen LogP contribution in [-0.2, 0) is 14.8 Å². The van der Waals surface area contributed by atoms with E-state index in [1.54, 1.807) is 30.3 Å². The van der Waals surface area contributed by atoms with Gasteiger partial charge in [-0.05, 0) is 82.0 Å². The summed E-state index contributed by atoms with van der Waals surface area (Å²) in [6.07, 6.45) is 4.23. The molecule has 0 saturated carbocycles. The van der Waals surface area contributed by atoms with Crippen molar-refractivity contribution in [3.05, 3.63) is 54.1 Å². The molecule has 1 saturated heterocycles. The fourth-order valence-electron chi connectivity index (χ4n) is 3.51. The first-order valence-corrected chi connectivity index (χ1v) is 12.1. The van der Waals surface area contributed by atoms with Gasteiger partial charge in [-0.1, -0.05) is 6.07 Å². The highest BCUT2D eigenvalue weighted by atomic mass is 32.2. The second-order valence-corrected chi connectivity index (χ2v) is 9.36. The summed E-state index contributed by atoms with van der Waals surface area (Å²) >= 11 is 0. The molecule has 0 radical (unpaired) electrons. The Morgan fingerprint density at radius 2 is 2.00 bits per heavy atom. The number of ether oxygens (including phenoxy) is 2. The lowest BCUT2D eigenvalue weighted by Crippen LogP contribution is -2.33. The number of hydrogen-bond acceptors (Lipinski definition) is 5. The average molecular weight is 447 g/mol. The SMILES string of the molecule is CCOc1ccc(S(=O)(=O)Nc2cccc(C(=O)NC(C)CCC3CCCO3)c2)cc1. The van der Waals surface area contributed by atoms with E-state index in [0.29, 0.717) is 29.7 Å². The molecule has 0 aromatic heterocycles. The molecule has 3 rings (SSSR count). The van der Waals surface area contributed by atoms with Gasteiger partial charge in [-0.2, -0.15) is 0 Å². The summed E-state index contributed by atoms with van der Waals surface area (Å²) in [6, 6.07) is 12.7. The third-order valence-corrected chi connectivity index (χ3v) is 6.54. The van der Waals surface area contributed by atoms with Crippen molar-refractivity contribution in [1.82, 2.24) is 5.32 Å². The molecule has 31 heavy (non-hydrogen) atoms. The first-order valence-electron chi connectivity index (χ1n) is 10.7. The number of rotatable bonds is 10. The highest BCUT2D eigenvalue weighted by molar-refractivity contribution is 7.92. The molecular weight excluding hydrogens is 416 g/mol. The van der Waals surface area contributed by atoms with Gasteiger partial charge in [0, 0.05) is 23.9 Å². The van der Waals surface area contributed by atoms with Gasteiger partial charge in [0.25, 0.3) is 15.9 Å². The molecule has 1 aliphatic heterocycles. The maximum Gasteiger partial charge on any atom is 0.261 e. The highest BCUT2D eigenvalue weighted by Crippen LogP contribution is 2.21. The third kappa shape index (κ3) is 6.70. The summed E-state index contributed by atoms with van der Waals surface area (Å²) in [4.78, 5) is 12.7. The molecule has 1 aliphatic rings. The largest absolute Gasteiger partial charge is 0.494 e. The Kier molecular flexibility index (Phi) is 7.92. The van der Waals surface area contributed by atoms with Gasteiger partial charge in [0.2, 0.25) is 0 Å². The predicted molar refractivity (Wildman–Crippen MR) is 120 cm³/mol. The maximum atomic E-state index is 12.7. The van der Waals surface area contributed by atoms with Gasteiger partial charge in [0.15, 0.2) is 0 Å². The summed E-state index contributed by atoms with van der Waals surface area (Å²) < 4.78 is 38.9. The van der Waals surface area contributed by atoms with Crippen LogP contribution < -0.4 is 14.8 Å². The van der Waals surface area contributed by atoms with Crippen molar-refractivity contribution in [2.45, 2.75) is 56.6 Å². The number of carbonyl (C=O) groups is 1. The predicted octanol–water partition coefficient (Wildman–Crippen LogP) is 3.96. The number of nitrogens with one attached hydrogen (secondary N) is 2. The number of anilines is 1. The molecule has 168 valence electrons. The molecule has 2 unspecified atom stereocenters. The summed E-state index contributed by atoms with van der Waals surface area (Å²) in [5.41, 5.74) is 0.726. The quantitative estimate of drug-likeness (QED) is 0.576. The number of benzene rings is 2. The zero-order valence-corrected chi connectivity index (χ0v) is 18.8. The van der Waals surface area contributed by atoms with Crippen LogP contribution >= 0.6 is 0 Å². The van der Waals surface area contributed by atoms with E-state index in [2.05, 4.69) is 10.0 Å². The van der Waals surface area contributed by atoms with Crippen LogP contribution in [0.4, 0.5) is 5.69 Å². The third-order valence-electron chi connectivity index (χ3n) is 5.15. The van der Waals surface area contributed by atoms with Crippen molar-refractivity contribution in [2.24, 2.45) is 0 Å². The maximum absolute atomic E-state index is 12.7. The van der Waals surface area contributed by atoms with E-state index in [-0.39, 0.29) is 16.8 Å². The molecule has 0 bridgehead atoms. The van der Waals surface area contributed by atoms with Crippen LogP contribution in [0.3, 0.4) is 0 Å². The van der Waals surface area contributed by atoms with Crippen molar-refractivity contribution in [1.29, 1.82) is 0 Å². The van der Waals surface area contributed by atoms with Gasteiger partial charge in [0.05, 0.1) is 17.6 Å². The summed E-state index contributed by atoms with van der Waals surface area (Å²) in [5.74, 6) is 0.371. The minimum absolute atomic E-state index is 0.000835. The van der Waals surface area contributed by atoms with Crippen molar-refractivity contribution in [3.63, 3.8) is 0 Å². The summed E-state index contributed by atoms with van der Waals surface area (Å²) in [7, 11) is -3.78. The molecule has 2 aromatic rings. The van der Waals surface area contributed by atoms with E-state index in [4.69, 9.17) is 9.47 Å². The Labute approximate surface area is 184 Å². The molecule has 8 heteroatoms. The lowest BCUT2D eigenvalue weighted by atomic mass is 10.1. The topological polar surface area (TPSA) is 93.7 Å². The van der Waals surface area contributed by atoms with Crippen LogP contribution in [0.2, 0.25) is 0 Å². The monoisotopic (exact) mass is 446 g/mol. The Bertz CT molecular complexity index is 970. The van der Waals surface area contributed by atoms with Crippen LogP contribution in [0.25, 0.3) is 0 Å². The van der Waals surface area contributed by atoms with Crippen LogP contribution in [0, 0.1) is 0 Å². The lowest BCUT2D eigenvalue weighted by Gasteiger charge is -2.16. The van der Waals surface area contributed by atoms with Gasteiger partial charge < -0.3 is 14.8 Å². The second-order valence-electron chi connectivity index (χ2n) is 7.68. The molecule has 0 spiro atoms. The van der Waals surface area contributed by atoms with Crippen molar-refractivity contribution >= 4 is 21.6 Å². The molecule has 2 N–H and O–H groups in total. The van der Waals surface area contributed by atoms with E-state index in [9.17, 15) is 13.2 Å². The van der Waals surface area contributed by atoms with Gasteiger partial charge in [-0.15, -0.1) is 0 Å². The minimum atomic E-state index is -3.78. The summed E-state index contributed by atoms with van der Waals surface area (Å²) in [6.45, 7) is 5.16. The zero-order valence-electron chi connectivity index (χ0n) is 18.0. The first-order chi connectivity index (χ1) is 14.9. The van der Waals surface area contributed by atoms with Crippen LogP contribution in [0.15, 0.2) is 53.4 Å². The molecule has 1 heterocycles. The number of sulfonamides is 1. The fraction of sp³-hybridized carbons (Fsp3) is 0.435. The minimum Gasteiger partial charge on any atom is -0.494 e. The van der Waals surface area contributed by atoms with Crippen molar-refractivity contribution in [2.75, 3.05) is 17.9 Å². The van der Waals surface area contributed by atoms with Crippen molar-refractivity contribution in [3.8, 4) is 5.75 Å². The highest BCUT2D eigenvalue weighted by Gasteiger charge is 2.18. The smallest absolute Gasteiger partial charge is 0.261 e. The number of amides is 1. The molecule has 2 atom stereocenters. The van der Waals surface area contributed by atoms with E-state index in [1.165, 1.54) is 18.2 Å². The van der Waals surface area contributed by atoms with E-state index in [1.807, 2.05) is 13.8 Å². The van der Waals surface area contributed by atoms with Crippen LogP contribution in [-0.4, -0.2) is 39.7 Å². The standard InChI is InChI=1S/C23H30N2O5S/c1-3-29-21-11-13-22(14-12-21)31(27,28)25-19-7-4-6-18(16-19)23(26)24-17(2)9-10-20-8-5-15-30-20/h4,6-7,11-14,16-17,20,25H,3,5,8-10,15H2,1-2H3,(H,24,26). The van der Waals surface area contributed by atoms with Gasteiger partial charge in [-0.3, -0.25) is 9.52 Å². The lowest BCUT2D eigenvalue weighted by molar-refractivity contribution is 0.0899. The number of carbonyl (C=O) groups excluding carboxylic acids is 1. The average Bonchev–Trinajstić information content (AvgIpc) is 3.26. The summed E-state index contributed by atoms with van der Waals surface area (Å²) in [5, 5.41) is 2.97. The van der Waals surface area contributed by atoms with Crippen LogP contribution in [0.5, 0.6) is 5.75 Å². The Morgan fingerprint density at radius 1 is 1.23 bits per heavy atom. The van der Waals surface area contributed by atoms with Crippen molar-refractivity contribution < 1.29 is 22.7 Å². The first kappa shape index (κ1) is 23.1. The Morgan fingerprint density at radius 3 is 2.68 bits per heavy atom. The molecule has 2 aromatic carbocycles. The molecule has 1 amide bonds. The van der Waals surface area contributed by atoms with Crippen LogP contribution in [0.1, 0.15) is 49.9 Å². The zero-order chi connectivity index (χ0) is 22.3. The molecular formula is C23H30N2O5S. The Hall–Kier alpha value is -2.58. The molecule has 0 aliphatic carbocycles. The van der Waals surface area contributed by atoms with E-state index in [0.717, 1.165) is 32.3 Å². The number of hydrogen-bond donors (Lipinski definition) is 2. The fourth-order valence-corrected chi connectivity index (χ4v) is 4.56. The molecule has 1 fully saturated rings. The Balaban J connectivity index is 1.60. The van der Waals surface area contributed by atoms with Gasteiger partial charge in [-0.25, -0.2) is 8.42 Å². The van der Waals surface area contributed by atoms with E-state index >= 15 is 0 Å².